The molecule has 2 unspecified atom stereocenters. The predicted octanol–water partition coefficient (Wildman–Crippen LogP) is 5.64. The fourth-order valence-electron chi connectivity index (χ4n) is 3.35. The van der Waals surface area contributed by atoms with Crippen molar-refractivity contribution in [1.82, 2.24) is 0 Å². The summed E-state index contributed by atoms with van der Waals surface area (Å²) in [4.78, 5) is 20.0. The summed E-state index contributed by atoms with van der Waals surface area (Å²) in [6.45, 7) is 4.60. The standard InChI is InChI=1S/C18H37.C4H6O7S.Na/c1-3-5-7-9-11-13-15-17-18-16-14-12-10-8-6-4-2;5-3(6)1-2(4(7)8)12(9,10)11;/h17H,3-16,18H2,1-2H3;2H,1H2,(H,5,6)(H,7,8)(H,9,10,11);. The minimum atomic E-state index is -4.84. The van der Waals surface area contributed by atoms with Crippen LogP contribution in [0.4, 0.5) is 0 Å². The number of hydrogen-bond acceptors (Lipinski definition) is 4. The Labute approximate surface area is 206 Å². The summed E-state index contributed by atoms with van der Waals surface area (Å²) in [5.41, 5.74) is 0. The summed E-state index contributed by atoms with van der Waals surface area (Å²) >= 11 is 1.43. The van der Waals surface area contributed by atoms with E-state index in [1.165, 1.54) is 124 Å². The summed E-state index contributed by atoms with van der Waals surface area (Å²) in [5.74, 6) is -3.50. The molecule has 0 amide bonds. The summed E-state index contributed by atoms with van der Waals surface area (Å²) < 4.78 is 29.8. The monoisotopic (exact) mass is 474 g/mol. The molecule has 0 aromatic rings. The molecule has 0 saturated heterocycles. The van der Waals surface area contributed by atoms with Crippen LogP contribution < -0.4 is 0 Å². The molecule has 0 aromatic carbocycles. The zero-order valence-corrected chi connectivity index (χ0v) is 22.7. The molecule has 2 atom stereocenters. The van der Waals surface area contributed by atoms with E-state index < -0.39 is 33.7 Å². The van der Waals surface area contributed by atoms with Gasteiger partial charge in [-0.3, -0.25) is 14.1 Å². The van der Waals surface area contributed by atoms with E-state index in [4.69, 9.17) is 14.8 Å². The number of unbranched alkanes of at least 4 members (excludes halogenated alkanes) is 11. The van der Waals surface area contributed by atoms with Gasteiger partial charge in [0.1, 0.15) is 0 Å². The molecule has 0 aliphatic rings. The van der Waals surface area contributed by atoms with Crippen LogP contribution in [0.5, 0.6) is 0 Å². The van der Waals surface area contributed by atoms with Crippen LogP contribution in [0, 0.1) is 0 Å². The largest absolute Gasteiger partial charge is 0.481 e. The fourth-order valence-corrected chi connectivity index (χ4v) is 4.77. The van der Waals surface area contributed by atoms with Gasteiger partial charge in [0.05, 0.1) is 6.42 Å². The van der Waals surface area contributed by atoms with Gasteiger partial charge in [-0.05, 0) is 0 Å². The minimum absolute atomic E-state index is 1.11. The zero-order chi connectivity index (χ0) is 24.1. The third-order valence-corrected chi connectivity index (χ3v) is 7.59. The Morgan fingerprint density at radius 2 is 1.10 bits per heavy atom. The second-order valence-electron chi connectivity index (χ2n) is 8.51. The van der Waals surface area contributed by atoms with E-state index in [1.54, 1.807) is 0 Å². The van der Waals surface area contributed by atoms with Gasteiger partial charge in [0, 0.05) is 0 Å². The van der Waals surface area contributed by atoms with Crippen LogP contribution in [-0.2, 0) is 19.7 Å². The van der Waals surface area contributed by atoms with E-state index in [2.05, 4.69) is 13.8 Å². The fraction of sp³-hybridized carbons (Fsp3) is 0.909. The molecule has 0 heterocycles. The maximum atomic E-state index is 10.2. The van der Waals surface area contributed by atoms with Gasteiger partial charge < -0.3 is 10.2 Å². The van der Waals surface area contributed by atoms with Crippen molar-refractivity contribution in [3.63, 3.8) is 0 Å². The molecular weight excluding hydrogens is 431 g/mol. The van der Waals surface area contributed by atoms with Crippen LogP contribution in [0.1, 0.15) is 117 Å². The first-order valence-corrected chi connectivity index (χ1v) is 14.6. The van der Waals surface area contributed by atoms with Gasteiger partial charge >= 0.3 is 153 Å². The molecule has 31 heavy (non-hydrogen) atoms. The van der Waals surface area contributed by atoms with Crippen LogP contribution in [0.3, 0.4) is 0 Å². The molecule has 0 radical (unpaired) electrons. The maximum absolute atomic E-state index is 10.2. The molecule has 0 rings (SSSR count). The predicted molar refractivity (Wildman–Crippen MR) is 125 cm³/mol. The molecule has 3 N–H and O–H groups in total. The molecule has 0 bridgehead atoms. The van der Waals surface area contributed by atoms with E-state index in [9.17, 15) is 18.0 Å². The third kappa shape index (κ3) is 24.3. The Bertz CT molecular complexity index is 552. The maximum Gasteiger partial charge on any atom is 0.325 e. The van der Waals surface area contributed by atoms with Gasteiger partial charge in [-0.2, -0.15) is 8.42 Å². The van der Waals surface area contributed by atoms with Gasteiger partial charge in [0.2, 0.25) is 0 Å². The van der Waals surface area contributed by atoms with Crippen molar-refractivity contribution in [2.45, 2.75) is 125 Å². The third-order valence-electron chi connectivity index (χ3n) is 5.35. The number of hydrogen-bond donors (Lipinski definition) is 3. The van der Waals surface area contributed by atoms with Crippen molar-refractivity contribution in [3.05, 3.63) is 0 Å². The molecule has 180 valence electrons. The first-order valence-electron chi connectivity index (χ1n) is 12.0. The zero-order valence-electron chi connectivity index (χ0n) is 19.9. The Hall–Kier alpha value is -0.150. The molecule has 9 heteroatoms. The number of rotatable bonds is 19. The van der Waals surface area contributed by atoms with E-state index in [1.807, 2.05) is 0 Å². The average Bonchev–Trinajstić information content (AvgIpc) is 2.67. The normalized spacial score (nSPS) is 13.2. The second kappa shape index (κ2) is 21.7. The van der Waals surface area contributed by atoms with Gasteiger partial charge in [-0.1, -0.05) is 0 Å². The van der Waals surface area contributed by atoms with Crippen molar-refractivity contribution in [2.75, 3.05) is 0 Å². The smallest absolute Gasteiger partial charge is 0.325 e. The Morgan fingerprint density at radius 1 is 0.742 bits per heavy atom. The molecule has 7 nitrogen and oxygen atoms in total. The molecule has 0 fully saturated rings. The quantitative estimate of drug-likeness (QED) is 0.125. The summed E-state index contributed by atoms with van der Waals surface area (Å²) in [5, 5.41) is 13.9. The number of carboxylic acid groups (broad SMARTS) is 2. The first-order chi connectivity index (χ1) is 14.6. The van der Waals surface area contributed by atoms with Crippen LogP contribution >= 0.6 is 0 Å². The van der Waals surface area contributed by atoms with Crippen molar-refractivity contribution in [2.24, 2.45) is 0 Å². The minimum Gasteiger partial charge on any atom is -0.481 e. The van der Waals surface area contributed by atoms with Crippen LogP contribution in [0.15, 0.2) is 0 Å². The van der Waals surface area contributed by atoms with Gasteiger partial charge in [0.25, 0.3) is 10.1 Å². The molecule has 0 saturated carbocycles. The number of carbonyl (C=O) groups is 2. The van der Waals surface area contributed by atoms with E-state index in [-0.39, 0.29) is 0 Å². The molecular formula is C22H43NaO7S. The van der Waals surface area contributed by atoms with Crippen LogP contribution in [0.25, 0.3) is 0 Å². The Kier molecular flexibility index (Phi) is 23.1. The van der Waals surface area contributed by atoms with Gasteiger partial charge in [0.15, 0.2) is 5.25 Å². The first kappa shape index (κ1) is 33.0. The van der Waals surface area contributed by atoms with Crippen molar-refractivity contribution in [1.29, 1.82) is 0 Å². The molecule has 0 aromatic heterocycles. The second-order valence-corrected chi connectivity index (χ2v) is 11.7. The molecule has 0 aliphatic heterocycles. The van der Waals surface area contributed by atoms with E-state index >= 15 is 0 Å². The summed E-state index contributed by atoms with van der Waals surface area (Å²) in [6.07, 6.45) is 21.0. The van der Waals surface area contributed by atoms with Crippen LogP contribution in [-0.4, -0.2) is 68.3 Å². The Morgan fingerprint density at radius 3 is 1.35 bits per heavy atom. The average molecular weight is 475 g/mol. The van der Waals surface area contributed by atoms with Crippen molar-refractivity contribution >= 4 is 50.0 Å². The van der Waals surface area contributed by atoms with Crippen LogP contribution in [0.2, 0.25) is 3.17 Å². The molecule has 0 spiro atoms. The Balaban J connectivity index is 0. The van der Waals surface area contributed by atoms with E-state index in [0.29, 0.717) is 0 Å². The summed E-state index contributed by atoms with van der Waals surface area (Å²) in [7, 11) is -4.84. The van der Waals surface area contributed by atoms with Gasteiger partial charge in [-0.25, -0.2) is 0 Å². The topological polar surface area (TPSA) is 129 Å². The van der Waals surface area contributed by atoms with Crippen molar-refractivity contribution < 1.29 is 32.8 Å². The van der Waals surface area contributed by atoms with Gasteiger partial charge in [-0.15, -0.1) is 0 Å². The SMILES string of the molecule is CCCCCCCCC[CH]([Na])CCCCCCCC.O=C(O)CC(C(=O)O)S(=O)(=O)O. The molecule has 0 aliphatic carbocycles. The summed E-state index contributed by atoms with van der Waals surface area (Å²) in [6, 6.07) is 0. The van der Waals surface area contributed by atoms with Crippen molar-refractivity contribution in [3.8, 4) is 0 Å². The number of carboxylic acids is 2. The number of aliphatic carboxylic acids is 2. The van der Waals surface area contributed by atoms with E-state index in [0.717, 1.165) is 3.17 Å².